The Labute approximate surface area is 156 Å². The average molecular weight is 361 g/mol. The Morgan fingerprint density at radius 1 is 0.962 bits per heavy atom. The molecule has 0 aliphatic carbocycles. The lowest BCUT2D eigenvalue weighted by Crippen LogP contribution is -1.93. The number of rotatable bonds is 4. The van der Waals surface area contributed by atoms with Crippen LogP contribution in [-0.4, -0.2) is 27.7 Å². The molecule has 4 nitrogen and oxygen atoms in total. The molecule has 0 amide bonds. The fourth-order valence-corrected chi connectivity index (χ4v) is 3.42. The van der Waals surface area contributed by atoms with Gasteiger partial charge in [-0.2, -0.15) is 0 Å². The molecule has 0 aliphatic rings. The Morgan fingerprint density at radius 2 is 1.77 bits per heavy atom. The summed E-state index contributed by atoms with van der Waals surface area (Å²) in [6.45, 7) is 1.98. The lowest BCUT2D eigenvalue weighted by Gasteiger charge is -2.08. The van der Waals surface area contributed by atoms with Crippen LogP contribution >= 0.6 is 11.8 Å². The van der Waals surface area contributed by atoms with Crippen LogP contribution in [0.2, 0.25) is 0 Å². The zero-order valence-electron chi connectivity index (χ0n) is 14.9. The highest BCUT2D eigenvalue weighted by Gasteiger charge is 2.17. The first-order valence-corrected chi connectivity index (χ1v) is 9.56. The largest absolute Gasteiger partial charge is 0.497 e. The molecule has 4 rings (SSSR count). The first kappa shape index (κ1) is 16.7. The van der Waals surface area contributed by atoms with E-state index in [0.717, 1.165) is 34.0 Å². The van der Waals surface area contributed by atoms with Crippen molar-refractivity contribution in [1.82, 2.24) is 14.4 Å². The van der Waals surface area contributed by atoms with E-state index in [2.05, 4.69) is 46.0 Å². The minimum absolute atomic E-state index is 0.701. The second-order valence-electron chi connectivity index (χ2n) is 6.01. The Balaban J connectivity index is 1.98. The summed E-state index contributed by atoms with van der Waals surface area (Å²) in [5.41, 5.74) is 5.01. The smallest absolute Gasteiger partial charge is 0.235 e. The summed E-state index contributed by atoms with van der Waals surface area (Å²) in [5.74, 6) is 1.51. The fourth-order valence-electron chi connectivity index (χ4n) is 3.01. The van der Waals surface area contributed by atoms with Crippen LogP contribution in [0.25, 0.3) is 28.3 Å². The molecule has 2 aromatic carbocycles. The first-order valence-electron chi connectivity index (χ1n) is 8.34. The highest BCUT2D eigenvalue weighted by atomic mass is 32.2. The molecule has 4 aromatic rings. The second kappa shape index (κ2) is 6.84. The minimum Gasteiger partial charge on any atom is -0.497 e. The number of hydrogen-bond acceptors (Lipinski definition) is 4. The highest BCUT2D eigenvalue weighted by molar-refractivity contribution is 7.98. The zero-order chi connectivity index (χ0) is 18.1. The van der Waals surface area contributed by atoms with Crippen molar-refractivity contribution in [2.24, 2.45) is 0 Å². The summed E-state index contributed by atoms with van der Waals surface area (Å²) in [6.07, 6.45) is 4.11. The number of nitrogens with zero attached hydrogens (tertiary/aromatic N) is 3. The van der Waals surface area contributed by atoms with Crippen LogP contribution in [0.4, 0.5) is 0 Å². The molecule has 0 bridgehead atoms. The van der Waals surface area contributed by atoms with Crippen LogP contribution in [0.15, 0.2) is 65.7 Å². The standard InChI is InChI=1S/C21H19N3OS/c1-14-11-12-24-20(15-7-9-18(26-3)10-8-15)19(23-21(24)22-14)16-5-4-6-17(13-16)25-2/h4-13H,1-3H3. The summed E-state index contributed by atoms with van der Waals surface area (Å²) in [4.78, 5) is 10.7. The Hall–Kier alpha value is -2.79. The predicted molar refractivity (Wildman–Crippen MR) is 107 cm³/mol. The minimum atomic E-state index is 0.701. The number of benzene rings is 2. The SMILES string of the molecule is COc1cccc(-c2nc3nc(C)ccn3c2-c2ccc(SC)cc2)c1. The summed E-state index contributed by atoms with van der Waals surface area (Å²) in [7, 11) is 1.68. The fraction of sp³-hybridized carbons (Fsp3) is 0.143. The van der Waals surface area contributed by atoms with Gasteiger partial charge in [-0.25, -0.2) is 9.97 Å². The van der Waals surface area contributed by atoms with Crippen molar-refractivity contribution in [3.8, 4) is 28.3 Å². The van der Waals surface area contributed by atoms with E-state index in [0.29, 0.717) is 5.78 Å². The molecule has 0 fully saturated rings. The monoisotopic (exact) mass is 361 g/mol. The summed E-state index contributed by atoms with van der Waals surface area (Å²) < 4.78 is 7.44. The van der Waals surface area contributed by atoms with Gasteiger partial charge in [-0.1, -0.05) is 24.3 Å². The maximum atomic E-state index is 5.39. The normalized spacial score (nSPS) is 11.0. The van der Waals surface area contributed by atoms with E-state index in [1.807, 2.05) is 37.4 Å². The Bertz CT molecular complexity index is 1070. The van der Waals surface area contributed by atoms with E-state index in [4.69, 9.17) is 9.72 Å². The van der Waals surface area contributed by atoms with Gasteiger partial charge < -0.3 is 4.74 Å². The molecule has 0 spiro atoms. The van der Waals surface area contributed by atoms with Gasteiger partial charge in [-0.3, -0.25) is 4.40 Å². The molecular weight excluding hydrogens is 342 g/mol. The third-order valence-electron chi connectivity index (χ3n) is 4.34. The van der Waals surface area contributed by atoms with Crippen LogP contribution in [0.5, 0.6) is 5.75 Å². The summed E-state index contributed by atoms with van der Waals surface area (Å²) >= 11 is 1.73. The average Bonchev–Trinajstić information content (AvgIpc) is 3.06. The number of hydrogen-bond donors (Lipinski definition) is 0. The van der Waals surface area contributed by atoms with Crippen LogP contribution in [0, 0.1) is 6.92 Å². The number of imidazole rings is 1. The van der Waals surface area contributed by atoms with Crippen molar-refractivity contribution in [3.05, 3.63) is 66.5 Å². The molecule has 26 heavy (non-hydrogen) atoms. The van der Waals surface area contributed by atoms with E-state index in [-0.39, 0.29) is 0 Å². The van der Waals surface area contributed by atoms with Gasteiger partial charge in [0.2, 0.25) is 5.78 Å². The molecule has 2 heterocycles. The van der Waals surface area contributed by atoms with E-state index in [1.165, 1.54) is 4.90 Å². The topological polar surface area (TPSA) is 39.4 Å². The maximum Gasteiger partial charge on any atom is 0.235 e. The number of thioether (sulfide) groups is 1. The van der Waals surface area contributed by atoms with Crippen molar-refractivity contribution in [1.29, 1.82) is 0 Å². The molecule has 130 valence electrons. The van der Waals surface area contributed by atoms with Gasteiger partial charge in [0.05, 0.1) is 18.5 Å². The van der Waals surface area contributed by atoms with Gasteiger partial charge in [0.1, 0.15) is 5.75 Å². The van der Waals surface area contributed by atoms with Crippen molar-refractivity contribution in [3.63, 3.8) is 0 Å². The number of aryl methyl sites for hydroxylation is 1. The third kappa shape index (κ3) is 2.95. The van der Waals surface area contributed by atoms with E-state index >= 15 is 0 Å². The summed E-state index contributed by atoms with van der Waals surface area (Å²) in [6, 6.07) is 18.5. The van der Waals surface area contributed by atoms with Gasteiger partial charge in [-0.05, 0) is 43.5 Å². The van der Waals surface area contributed by atoms with E-state index in [9.17, 15) is 0 Å². The molecule has 0 N–H and O–H groups in total. The number of aromatic nitrogens is 3. The van der Waals surface area contributed by atoms with E-state index in [1.54, 1.807) is 18.9 Å². The molecule has 0 atom stereocenters. The summed E-state index contributed by atoms with van der Waals surface area (Å²) in [5, 5.41) is 0. The highest BCUT2D eigenvalue weighted by Crippen LogP contribution is 2.34. The van der Waals surface area contributed by atoms with Gasteiger partial charge in [0, 0.05) is 27.9 Å². The van der Waals surface area contributed by atoms with Crippen LogP contribution < -0.4 is 4.74 Å². The molecular formula is C21H19N3OS. The number of methoxy groups -OCH3 is 1. The van der Waals surface area contributed by atoms with Crippen LogP contribution in [0.3, 0.4) is 0 Å². The molecule has 0 unspecified atom stereocenters. The Kier molecular flexibility index (Phi) is 4.39. The van der Waals surface area contributed by atoms with Crippen molar-refractivity contribution >= 4 is 17.5 Å². The van der Waals surface area contributed by atoms with Crippen molar-refractivity contribution in [2.45, 2.75) is 11.8 Å². The second-order valence-corrected chi connectivity index (χ2v) is 6.89. The van der Waals surface area contributed by atoms with Gasteiger partial charge in [0.25, 0.3) is 0 Å². The lowest BCUT2D eigenvalue weighted by atomic mass is 10.0. The maximum absolute atomic E-state index is 5.39. The number of fused-ring (bicyclic) bond motifs is 1. The zero-order valence-corrected chi connectivity index (χ0v) is 15.7. The van der Waals surface area contributed by atoms with Gasteiger partial charge >= 0.3 is 0 Å². The van der Waals surface area contributed by atoms with Crippen LogP contribution in [0.1, 0.15) is 5.69 Å². The quantitative estimate of drug-likeness (QED) is 0.474. The molecule has 0 radical (unpaired) electrons. The van der Waals surface area contributed by atoms with Crippen molar-refractivity contribution < 1.29 is 4.74 Å². The van der Waals surface area contributed by atoms with Crippen molar-refractivity contribution in [2.75, 3.05) is 13.4 Å². The van der Waals surface area contributed by atoms with Gasteiger partial charge in [-0.15, -0.1) is 11.8 Å². The molecule has 5 heteroatoms. The lowest BCUT2D eigenvalue weighted by molar-refractivity contribution is 0.415. The molecule has 0 saturated heterocycles. The Morgan fingerprint density at radius 3 is 2.50 bits per heavy atom. The van der Waals surface area contributed by atoms with Crippen LogP contribution in [-0.2, 0) is 0 Å². The van der Waals surface area contributed by atoms with E-state index < -0.39 is 0 Å². The molecule has 0 saturated carbocycles. The van der Waals surface area contributed by atoms with Gasteiger partial charge in [0.15, 0.2) is 0 Å². The third-order valence-corrected chi connectivity index (χ3v) is 5.08. The number of ether oxygens (including phenoxy) is 1. The molecule has 2 aromatic heterocycles. The molecule has 0 aliphatic heterocycles. The predicted octanol–water partition coefficient (Wildman–Crippen LogP) is 5.10. The first-order chi connectivity index (χ1) is 12.7.